The highest BCUT2D eigenvalue weighted by molar-refractivity contribution is 5.81. The molecule has 1 N–H and O–H groups in total. The van der Waals surface area contributed by atoms with Gasteiger partial charge in [-0.1, -0.05) is 19.4 Å². The Balaban J connectivity index is 4.96. The van der Waals surface area contributed by atoms with Crippen LogP contribution in [0.4, 0.5) is 0 Å². The van der Waals surface area contributed by atoms with Gasteiger partial charge in [0, 0.05) is 0 Å². The molecule has 0 saturated carbocycles. The predicted molar refractivity (Wildman–Crippen MR) is 70.2 cm³/mol. The van der Waals surface area contributed by atoms with E-state index in [2.05, 4.69) is 6.58 Å². The van der Waals surface area contributed by atoms with Gasteiger partial charge in [-0.3, -0.25) is 9.59 Å². The van der Waals surface area contributed by atoms with Crippen molar-refractivity contribution < 1.29 is 19.4 Å². The fourth-order valence-corrected chi connectivity index (χ4v) is 1.79. The molecule has 2 atom stereocenters. The zero-order valence-corrected chi connectivity index (χ0v) is 11.7. The van der Waals surface area contributed by atoms with Crippen LogP contribution in [0.3, 0.4) is 0 Å². The lowest BCUT2D eigenvalue weighted by Crippen LogP contribution is -2.35. The highest BCUT2D eigenvalue weighted by Gasteiger charge is 2.35. The number of hydrogen-bond acceptors (Lipinski definition) is 3. The Morgan fingerprint density at radius 3 is 2.22 bits per heavy atom. The molecule has 18 heavy (non-hydrogen) atoms. The van der Waals surface area contributed by atoms with Crippen molar-refractivity contribution in [1.29, 1.82) is 0 Å². The summed E-state index contributed by atoms with van der Waals surface area (Å²) in [5.41, 5.74) is -0.597. The minimum Gasteiger partial charge on any atom is -0.481 e. The van der Waals surface area contributed by atoms with Crippen LogP contribution < -0.4 is 0 Å². The molecule has 0 aromatic carbocycles. The highest BCUT2D eigenvalue weighted by Crippen LogP contribution is 2.25. The van der Waals surface area contributed by atoms with Crippen LogP contribution in [-0.4, -0.2) is 22.6 Å². The normalized spacial score (nSPS) is 14.7. The summed E-state index contributed by atoms with van der Waals surface area (Å²) in [4.78, 5) is 23.3. The van der Waals surface area contributed by atoms with Gasteiger partial charge in [0.15, 0.2) is 0 Å². The van der Waals surface area contributed by atoms with E-state index in [1.807, 2.05) is 6.92 Å². The summed E-state index contributed by atoms with van der Waals surface area (Å²) in [6, 6.07) is 0. The summed E-state index contributed by atoms with van der Waals surface area (Å²) in [5, 5.41) is 9.19. The number of ether oxygens (including phenoxy) is 1. The third-order valence-electron chi connectivity index (χ3n) is 2.53. The minimum atomic E-state index is -0.973. The Morgan fingerprint density at radius 1 is 1.33 bits per heavy atom. The molecular weight excluding hydrogens is 232 g/mol. The van der Waals surface area contributed by atoms with Crippen molar-refractivity contribution in [2.75, 3.05) is 0 Å². The Hall–Kier alpha value is -1.32. The first kappa shape index (κ1) is 16.7. The van der Waals surface area contributed by atoms with Crippen molar-refractivity contribution in [2.45, 2.75) is 52.6 Å². The van der Waals surface area contributed by atoms with Crippen molar-refractivity contribution in [2.24, 2.45) is 11.8 Å². The van der Waals surface area contributed by atoms with E-state index in [1.54, 1.807) is 20.8 Å². The molecule has 4 nitrogen and oxygen atoms in total. The van der Waals surface area contributed by atoms with E-state index < -0.39 is 29.4 Å². The van der Waals surface area contributed by atoms with Crippen molar-refractivity contribution in [3.05, 3.63) is 12.7 Å². The zero-order valence-electron chi connectivity index (χ0n) is 11.7. The number of carbonyl (C=O) groups excluding carboxylic acids is 1. The standard InChI is InChI=1S/C14H24O4/c1-6-8-10(12(15)16)11(9-7-2)13(17)18-14(3,4)5/h6,10-11H,1,7-9H2,2-5H3,(H,15,16)/t10-,11?/m1/s1. The number of rotatable bonds is 7. The average molecular weight is 256 g/mol. The highest BCUT2D eigenvalue weighted by atomic mass is 16.6. The summed E-state index contributed by atoms with van der Waals surface area (Å²) in [7, 11) is 0. The van der Waals surface area contributed by atoms with E-state index in [1.165, 1.54) is 6.08 Å². The number of carbonyl (C=O) groups is 2. The predicted octanol–water partition coefficient (Wildman–Crippen LogP) is 3.02. The van der Waals surface area contributed by atoms with Crippen LogP contribution >= 0.6 is 0 Å². The van der Waals surface area contributed by atoms with Gasteiger partial charge < -0.3 is 9.84 Å². The Labute approximate surface area is 109 Å². The fourth-order valence-electron chi connectivity index (χ4n) is 1.79. The molecule has 0 aromatic rings. The maximum Gasteiger partial charge on any atom is 0.310 e. The Morgan fingerprint density at radius 2 is 1.89 bits per heavy atom. The summed E-state index contributed by atoms with van der Waals surface area (Å²) in [6.07, 6.45) is 3.07. The number of carboxylic acids is 1. The summed E-state index contributed by atoms with van der Waals surface area (Å²) >= 11 is 0. The van der Waals surface area contributed by atoms with Gasteiger partial charge in [0.1, 0.15) is 5.60 Å². The van der Waals surface area contributed by atoms with Gasteiger partial charge in [-0.25, -0.2) is 0 Å². The second kappa shape index (κ2) is 7.19. The lowest BCUT2D eigenvalue weighted by atomic mass is 9.86. The smallest absolute Gasteiger partial charge is 0.310 e. The average Bonchev–Trinajstić information content (AvgIpc) is 2.20. The zero-order chi connectivity index (χ0) is 14.3. The number of hydrogen-bond donors (Lipinski definition) is 1. The van der Waals surface area contributed by atoms with Crippen LogP contribution in [0, 0.1) is 11.8 Å². The van der Waals surface area contributed by atoms with E-state index in [-0.39, 0.29) is 6.42 Å². The van der Waals surface area contributed by atoms with Gasteiger partial charge in [0.25, 0.3) is 0 Å². The molecule has 0 aliphatic rings. The van der Waals surface area contributed by atoms with E-state index >= 15 is 0 Å². The quantitative estimate of drug-likeness (QED) is 0.561. The third-order valence-corrected chi connectivity index (χ3v) is 2.53. The molecule has 104 valence electrons. The molecule has 0 aliphatic carbocycles. The maximum atomic E-state index is 12.0. The molecule has 0 heterocycles. The summed E-state index contributed by atoms with van der Waals surface area (Å²) in [5.74, 6) is -2.76. The number of esters is 1. The molecule has 0 fully saturated rings. The SMILES string of the molecule is C=CC[C@@H](C(=O)O)C(CCC)C(=O)OC(C)(C)C. The molecule has 4 heteroatoms. The van der Waals surface area contributed by atoms with Gasteiger partial charge in [-0.2, -0.15) is 0 Å². The van der Waals surface area contributed by atoms with Gasteiger partial charge >= 0.3 is 11.9 Å². The molecule has 1 unspecified atom stereocenters. The van der Waals surface area contributed by atoms with E-state index in [0.29, 0.717) is 6.42 Å². The third kappa shape index (κ3) is 5.84. The van der Waals surface area contributed by atoms with Gasteiger partial charge in [-0.05, 0) is 33.6 Å². The van der Waals surface area contributed by atoms with Crippen LogP contribution in [0.25, 0.3) is 0 Å². The Kier molecular flexibility index (Phi) is 6.66. The summed E-state index contributed by atoms with van der Waals surface area (Å²) < 4.78 is 5.29. The van der Waals surface area contributed by atoms with Gasteiger partial charge in [0.2, 0.25) is 0 Å². The van der Waals surface area contributed by atoms with Crippen LogP contribution in [0.2, 0.25) is 0 Å². The lowest BCUT2D eigenvalue weighted by Gasteiger charge is -2.26. The minimum absolute atomic E-state index is 0.277. The van der Waals surface area contributed by atoms with Crippen molar-refractivity contribution >= 4 is 11.9 Å². The molecule has 0 bridgehead atoms. The van der Waals surface area contributed by atoms with Crippen molar-refractivity contribution in [3.8, 4) is 0 Å². The number of allylic oxidation sites excluding steroid dienone is 1. The molecule has 0 spiro atoms. The van der Waals surface area contributed by atoms with Crippen molar-refractivity contribution in [1.82, 2.24) is 0 Å². The van der Waals surface area contributed by atoms with Crippen LogP contribution in [0.1, 0.15) is 47.0 Å². The first-order valence-corrected chi connectivity index (χ1v) is 6.29. The maximum absolute atomic E-state index is 12.0. The van der Waals surface area contributed by atoms with Gasteiger partial charge in [0.05, 0.1) is 11.8 Å². The van der Waals surface area contributed by atoms with Crippen LogP contribution in [0.5, 0.6) is 0 Å². The largest absolute Gasteiger partial charge is 0.481 e. The molecule has 0 aliphatic heterocycles. The van der Waals surface area contributed by atoms with E-state index in [0.717, 1.165) is 6.42 Å². The fraction of sp³-hybridized carbons (Fsp3) is 0.714. The second-order valence-electron chi connectivity index (χ2n) is 5.40. The first-order valence-electron chi connectivity index (χ1n) is 6.29. The van der Waals surface area contributed by atoms with E-state index in [9.17, 15) is 14.7 Å². The molecule has 0 radical (unpaired) electrons. The van der Waals surface area contributed by atoms with Gasteiger partial charge in [-0.15, -0.1) is 6.58 Å². The first-order chi connectivity index (χ1) is 8.22. The van der Waals surface area contributed by atoms with E-state index in [4.69, 9.17) is 4.74 Å². The number of carboxylic acid groups (broad SMARTS) is 1. The molecule has 0 amide bonds. The number of aliphatic carboxylic acids is 1. The lowest BCUT2D eigenvalue weighted by molar-refractivity contribution is -0.166. The Bertz CT molecular complexity index is 301. The topological polar surface area (TPSA) is 63.6 Å². The summed E-state index contributed by atoms with van der Waals surface area (Å²) in [6.45, 7) is 10.8. The second-order valence-corrected chi connectivity index (χ2v) is 5.40. The molecule has 0 saturated heterocycles. The molecule has 0 rings (SSSR count). The van der Waals surface area contributed by atoms with Crippen LogP contribution in [-0.2, 0) is 14.3 Å². The van der Waals surface area contributed by atoms with Crippen molar-refractivity contribution in [3.63, 3.8) is 0 Å². The monoisotopic (exact) mass is 256 g/mol. The molecular formula is C14H24O4. The van der Waals surface area contributed by atoms with Crippen LogP contribution in [0.15, 0.2) is 12.7 Å². The molecule has 0 aromatic heterocycles.